The van der Waals surface area contributed by atoms with Crippen molar-refractivity contribution in [3.63, 3.8) is 0 Å². The third-order valence-corrected chi connectivity index (χ3v) is 7.31. The van der Waals surface area contributed by atoms with Crippen LogP contribution in [0.3, 0.4) is 0 Å². The van der Waals surface area contributed by atoms with E-state index in [2.05, 4.69) is 30.6 Å². The highest BCUT2D eigenvalue weighted by Crippen LogP contribution is 2.29. The van der Waals surface area contributed by atoms with E-state index in [-0.39, 0.29) is 28.0 Å². The number of imidazole rings is 1. The summed E-state index contributed by atoms with van der Waals surface area (Å²) in [6.07, 6.45) is 5.63. The van der Waals surface area contributed by atoms with Gasteiger partial charge in [-0.25, -0.2) is 26.2 Å². The lowest BCUT2D eigenvalue weighted by atomic mass is 10.2. The molecule has 5 aromatic rings. The predicted octanol–water partition coefficient (Wildman–Crippen LogP) is 4.30. The first-order valence-corrected chi connectivity index (χ1v) is 12.6. The quantitative estimate of drug-likeness (QED) is 0.323. The predicted molar refractivity (Wildman–Crippen MR) is 134 cm³/mol. The fourth-order valence-electron chi connectivity index (χ4n) is 3.77. The number of benzene rings is 1. The summed E-state index contributed by atoms with van der Waals surface area (Å²) in [5.74, 6) is -0.876. The van der Waals surface area contributed by atoms with Crippen LogP contribution >= 0.6 is 0 Å². The zero-order valence-corrected chi connectivity index (χ0v) is 20.8. The minimum absolute atomic E-state index is 0.00279. The van der Waals surface area contributed by atoms with Crippen molar-refractivity contribution in [3.8, 4) is 0 Å². The molecule has 5 rings (SSSR count). The summed E-state index contributed by atoms with van der Waals surface area (Å²) >= 11 is 0. The van der Waals surface area contributed by atoms with Gasteiger partial charge in [-0.1, -0.05) is 17.7 Å². The molecule has 0 radical (unpaired) electrons. The Kier molecular flexibility index (Phi) is 6.07. The molecule has 0 unspecified atom stereocenters. The number of anilines is 3. The van der Waals surface area contributed by atoms with Gasteiger partial charge in [0.15, 0.2) is 5.65 Å². The number of aryl methyl sites for hydroxylation is 2. The second-order valence-corrected chi connectivity index (χ2v) is 10.3. The summed E-state index contributed by atoms with van der Waals surface area (Å²) in [5.41, 5.74) is 0.964. The Labute approximate surface area is 211 Å². The Balaban J connectivity index is 1.62. The zero-order valence-electron chi connectivity index (χ0n) is 20.0. The van der Waals surface area contributed by atoms with Gasteiger partial charge in [-0.05, 0) is 32.0 Å². The van der Waals surface area contributed by atoms with E-state index < -0.39 is 27.7 Å². The van der Waals surface area contributed by atoms with Crippen molar-refractivity contribution >= 4 is 38.6 Å². The molecular weight excluding hydrogens is 502 g/mol. The zero-order chi connectivity index (χ0) is 26.3. The maximum atomic E-state index is 14.3. The van der Waals surface area contributed by atoms with E-state index in [0.717, 1.165) is 21.8 Å². The van der Waals surface area contributed by atoms with Gasteiger partial charge in [0.1, 0.15) is 23.3 Å². The van der Waals surface area contributed by atoms with E-state index in [1.54, 1.807) is 49.3 Å². The molecule has 1 atom stereocenters. The van der Waals surface area contributed by atoms with E-state index in [0.29, 0.717) is 11.2 Å². The van der Waals surface area contributed by atoms with Crippen LogP contribution in [0.5, 0.6) is 0 Å². The van der Waals surface area contributed by atoms with Gasteiger partial charge >= 0.3 is 0 Å². The van der Waals surface area contributed by atoms with Crippen LogP contribution in [-0.2, 0) is 17.1 Å². The molecular formula is C24H22F2N8O2S. The van der Waals surface area contributed by atoms with Gasteiger partial charge in [0.05, 0.1) is 34.5 Å². The van der Waals surface area contributed by atoms with Crippen molar-refractivity contribution in [1.82, 2.24) is 28.5 Å². The summed E-state index contributed by atoms with van der Waals surface area (Å²) in [5, 5.41) is 6.44. The van der Waals surface area contributed by atoms with Crippen molar-refractivity contribution in [1.29, 1.82) is 0 Å². The number of halogens is 2. The van der Waals surface area contributed by atoms with Crippen LogP contribution in [0.25, 0.3) is 11.0 Å². The third kappa shape index (κ3) is 4.72. The molecule has 4 aromatic heterocycles. The Morgan fingerprint density at radius 2 is 1.81 bits per heavy atom. The standard InChI is InChI=1S/C24H22F2N8O2S/c1-14-4-6-17(7-5-14)37(35,36)34-9-8-18-22(30-20-12-33(3)13-28-20)31-24(32-23(18)34)29-15(2)21-19(26)10-16(25)11-27-21/h4-13,15H,1-3H3,(H2,29,30,31,32)/t15-/m1/s1. The van der Waals surface area contributed by atoms with Crippen LogP contribution in [0.15, 0.2) is 66.2 Å². The van der Waals surface area contributed by atoms with Crippen LogP contribution in [0.4, 0.5) is 26.4 Å². The lowest BCUT2D eigenvalue weighted by Gasteiger charge is -2.16. The molecule has 0 aliphatic heterocycles. The second kappa shape index (κ2) is 9.24. The van der Waals surface area contributed by atoms with E-state index in [1.165, 1.54) is 18.3 Å². The molecule has 190 valence electrons. The number of hydrogen-bond acceptors (Lipinski definition) is 8. The van der Waals surface area contributed by atoms with Crippen molar-refractivity contribution in [3.05, 3.63) is 84.2 Å². The third-order valence-electron chi connectivity index (χ3n) is 5.63. The van der Waals surface area contributed by atoms with E-state index in [4.69, 9.17) is 0 Å². The lowest BCUT2D eigenvalue weighted by molar-refractivity contribution is 0.550. The first-order chi connectivity index (χ1) is 17.6. The number of pyridine rings is 1. The van der Waals surface area contributed by atoms with Gasteiger partial charge in [-0.3, -0.25) is 4.98 Å². The number of fused-ring (bicyclic) bond motifs is 1. The van der Waals surface area contributed by atoms with Crippen LogP contribution in [0.2, 0.25) is 0 Å². The number of nitrogens with zero attached hydrogens (tertiary/aromatic N) is 6. The molecule has 0 saturated carbocycles. The Morgan fingerprint density at radius 3 is 2.49 bits per heavy atom. The molecule has 13 heteroatoms. The highest BCUT2D eigenvalue weighted by atomic mass is 32.2. The van der Waals surface area contributed by atoms with Gasteiger partial charge in [0.2, 0.25) is 5.95 Å². The molecule has 0 bridgehead atoms. The molecule has 37 heavy (non-hydrogen) atoms. The molecule has 0 aliphatic carbocycles. The topological polar surface area (TPSA) is 120 Å². The highest BCUT2D eigenvalue weighted by molar-refractivity contribution is 7.90. The Morgan fingerprint density at radius 1 is 1.05 bits per heavy atom. The second-order valence-electron chi connectivity index (χ2n) is 8.50. The van der Waals surface area contributed by atoms with Crippen LogP contribution in [0.1, 0.15) is 24.2 Å². The monoisotopic (exact) mass is 524 g/mol. The summed E-state index contributed by atoms with van der Waals surface area (Å²) in [6, 6.07) is 8.02. The highest BCUT2D eigenvalue weighted by Gasteiger charge is 2.23. The van der Waals surface area contributed by atoms with Gasteiger partial charge in [0, 0.05) is 25.5 Å². The average Bonchev–Trinajstić information content (AvgIpc) is 3.45. The molecule has 0 saturated heterocycles. The number of rotatable bonds is 7. The first-order valence-electron chi connectivity index (χ1n) is 11.2. The molecule has 2 N–H and O–H groups in total. The normalized spacial score (nSPS) is 12.6. The van der Waals surface area contributed by atoms with Gasteiger partial charge < -0.3 is 15.2 Å². The number of nitrogens with one attached hydrogen (secondary N) is 2. The lowest BCUT2D eigenvalue weighted by Crippen LogP contribution is -2.16. The van der Waals surface area contributed by atoms with Crippen molar-refractivity contribution in [2.45, 2.75) is 24.8 Å². The minimum Gasteiger partial charge on any atom is -0.346 e. The van der Waals surface area contributed by atoms with Gasteiger partial charge in [-0.15, -0.1) is 0 Å². The smallest absolute Gasteiger partial charge is 0.269 e. The van der Waals surface area contributed by atoms with Crippen molar-refractivity contribution in [2.75, 3.05) is 10.6 Å². The molecule has 0 aliphatic rings. The van der Waals surface area contributed by atoms with Gasteiger partial charge in [0.25, 0.3) is 10.0 Å². The Bertz CT molecular complexity index is 1710. The molecule has 0 fully saturated rings. The fraction of sp³-hybridized carbons (Fsp3) is 0.167. The van der Waals surface area contributed by atoms with E-state index in [1.807, 2.05) is 6.92 Å². The molecule has 10 nitrogen and oxygen atoms in total. The van der Waals surface area contributed by atoms with E-state index >= 15 is 0 Å². The van der Waals surface area contributed by atoms with Crippen LogP contribution in [-0.4, -0.2) is 36.9 Å². The average molecular weight is 525 g/mol. The fourth-order valence-corrected chi connectivity index (χ4v) is 5.07. The molecule has 0 spiro atoms. The maximum Gasteiger partial charge on any atom is 0.269 e. The first kappa shape index (κ1) is 24.3. The summed E-state index contributed by atoms with van der Waals surface area (Å²) < 4.78 is 57.4. The van der Waals surface area contributed by atoms with Crippen molar-refractivity contribution in [2.24, 2.45) is 7.05 Å². The summed E-state index contributed by atoms with van der Waals surface area (Å²) in [6.45, 7) is 3.47. The van der Waals surface area contributed by atoms with Crippen molar-refractivity contribution < 1.29 is 17.2 Å². The Hall–Kier alpha value is -4.39. The summed E-state index contributed by atoms with van der Waals surface area (Å²) in [4.78, 5) is 17.1. The minimum atomic E-state index is -4.00. The van der Waals surface area contributed by atoms with E-state index in [9.17, 15) is 17.2 Å². The summed E-state index contributed by atoms with van der Waals surface area (Å²) in [7, 11) is -2.19. The molecule has 0 amide bonds. The van der Waals surface area contributed by atoms with Gasteiger partial charge in [-0.2, -0.15) is 9.97 Å². The number of aromatic nitrogens is 6. The molecule has 1 aromatic carbocycles. The maximum absolute atomic E-state index is 14.3. The number of hydrogen-bond donors (Lipinski definition) is 2. The van der Waals surface area contributed by atoms with Crippen LogP contribution < -0.4 is 10.6 Å². The molecule has 4 heterocycles. The SMILES string of the molecule is Cc1ccc(S(=O)(=O)n2ccc3c(Nc4cn(C)cn4)nc(N[C@H](C)c4ncc(F)cc4F)nc32)cc1. The van der Waals surface area contributed by atoms with Crippen LogP contribution in [0, 0.1) is 18.6 Å². The largest absolute Gasteiger partial charge is 0.346 e.